The minimum atomic E-state index is 0.385. The zero-order valence-corrected chi connectivity index (χ0v) is 11.5. The van der Waals surface area contributed by atoms with Crippen molar-refractivity contribution in [3.8, 4) is 0 Å². The van der Waals surface area contributed by atoms with E-state index in [0.29, 0.717) is 6.04 Å². The number of thioether (sulfide) groups is 1. The molecule has 0 heterocycles. The van der Waals surface area contributed by atoms with E-state index in [1.165, 1.54) is 11.3 Å². The van der Waals surface area contributed by atoms with Crippen LogP contribution in [0.3, 0.4) is 0 Å². The average molecular weight is 288 g/mol. The van der Waals surface area contributed by atoms with Gasteiger partial charge in [-0.15, -0.1) is 11.8 Å². The highest BCUT2D eigenvalue weighted by molar-refractivity contribution is 9.10. The monoisotopic (exact) mass is 287 g/mol. The molecule has 0 spiro atoms. The number of benzene rings is 1. The van der Waals surface area contributed by atoms with Crippen molar-refractivity contribution in [2.45, 2.75) is 37.1 Å². The predicted molar refractivity (Wildman–Crippen MR) is 72.4 cm³/mol. The molecular formula is C12H18BrNS. The van der Waals surface area contributed by atoms with Crippen LogP contribution in [0.4, 0.5) is 0 Å². The van der Waals surface area contributed by atoms with Crippen molar-refractivity contribution in [1.29, 1.82) is 0 Å². The molecule has 15 heavy (non-hydrogen) atoms. The topological polar surface area (TPSA) is 26.0 Å². The SMILES string of the molecule is CCC(N)CCCSc1ccc(Br)cc1. The summed E-state index contributed by atoms with van der Waals surface area (Å²) in [6, 6.07) is 8.85. The lowest BCUT2D eigenvalue weighted by molar-refractivity contribution is 0.589. The largest absolute Gasteiger partial charge is 0.328 e. The van der Waals surface area contributed by atoms with Gasteiger partial charge in [0, 0.05) is 15.4 Å². The number of hydrogen-bond donors (Lipinski definition) is 1. The number of hydrogen-bond acceptors (Lipinski definition) is 2. The van der Waals surface area contributed by atoms with Gasteiger partial charge < -0.3 is 5.73 Å². The maximum atomic E-state index is 5.86. The van der Waals surface area contributed by atoms with Crippen molar-refractivity contribution in [1.82, 2.24) is 0 Å². The maximum absolute atomic E-state index is 5.86. The minimum absolute atomic E-state index is 0.385. The molecule has 0 saturated heterocycles. The molecule has 0 fully saturated rings. The summed E-state index contributed by atoms with van der Waals surface area (Å²) in [5.41, 5.74) is 5.86. The summed E-state index contributed by atoms with van der Waals surface area (Å²) in [4.78, 5) is 1.34. The third-order valence-electron chi connectivity index (χ3n) is 2.33. The van der Waals surface area contributed by atoms with E-state index in [4.69, 9.17) is 5.73 Å². The Hall–Kier alpha value is 0.01000. The lowest BCUT2D eigenvalue weighted by Gasteiger charge is -2.07. The molecule has 1 nitrogen and oxygen atoms in total. The summed E-state index contributed by atoms with van der Waals surface area (Å²) in [5.74, 6) is 1.16. The average Bonchev–Trinajstić information content (AvgIpc) is 2.26. The molecule has 3 heteroatoms. The van der Waals surface area contributed by atoms with Crippen molar-refractivity contribution in [2.24, 2.45) is 5.73 Å². The Morgan fingerprint density at radius 1 is 1.33 bits per heavy atom. The first kappa shape index (κ1) is 13.1. The third kappa shape index (κ3) is 5.59. The zero-order valence-electron chi connectivity index (χ0n) is 9.08. The molecule has 1 atom stereocenters. The van der Waals surface area contributed by atoms with Gasteiger partial charge in [-0.25, -0.2) is 0 Å². The Kier molecular flexibility index (Phi) is 6.37. The van der Waals surface area contributed by atoms with Gasteiger partial charge in [-0.05, 0) is 49.3 Å². The molecule has 0 bridgehead atoms. The Bertz CT molecular complexity index is 273. The molecule has 1 unspecified atom stereocenters. The molecule has 0 radical (unpaired) electrons. The molecule has 0 amide bonds. The molecule has 0 aliphatic carbocycles. The van der Waals surface area contributed by atoms with Crippen LogP contribution in [-0.4, -0.2) is 11.8 Å². The summed E-state index contributed by atoms with van der Waals surface area (Å²) in [5, 5.41) is 0. The van der Waals surface area contributed by atoms with Crippen LogP contribution in [0.15, 0.2) is 33.6 Å². The quantitative estimate of drug-likeness (QED) is 0.631. The van der Waals surface area contributed by atoms with E-state index in [1.807, 2.05) is 11.8 Å². The van der Waals surface area contributed by atoms with Gasteiger partial charge in [-0.1, -0.05) is 22.9 Å². The standard InChI is InChI=1S/C12H18BrNS/c1-2-11(14)4-3-9-15-12-7-5-10(13)6-8-12/h5-8,11H,2-4,9,14H2,1H3. The Balaban J connectivity index is 2.17. The second-order valence-electron chi connectivity index (χ2n) is 3.61. The molecule has 2 N–H and O–H groups in total. The zero-order chi connectivity index (χ0) is 11.1. The summed E-state index contributed by atoms with van der Waals surface area (Å²) in [6.45, 7) is 2.15. The Morgan fingerprint density at radius 2 is 2.00 bits per heavy atom. The van der Waals surface area contributed by atoms with E-state index >= 15 is 0 Å². The van der Waals surface area contributed by atoms with Gasteiger partial charge in [0.05, 0.1) is 0 Å². The highest BCUT2D eigenvalue weighted by Crippen LogP contribution is 2.21. The van der Waals surface area contributed by atoms with E-state index < -0.39 is 0 Å². The van der Waals surface area contributed by atoms with Gasteiger partial charge in [-0.2, -0.15) is 0 Å². The van der Waals surface area contributed by atoms with Crippen molar-refractivity contribution < 1.29 is 0 Å². The number of halogens is 1. The van der Waals surface area contributed by atoms with Gasteiger partial charge in [0.25, 0.3) is 0 Å². The minimum Gasteiger partial charge on any atom is -0.328 e. The van der Waals surface area contributed by atoms with Gasteiger partial charge in [0.1, 0.15) is 0 Å². The van der Waals surface area contributed by atoms with E-state index in [2.05, 4.69) is 47.1 Å². The predicted octanol–water partition coefficient (Wildman–Crippen LogP) is 4.06. The normalized spacial score (nSPS) is 12.7. The van der Waals surface area contributed by atoms with E-state index in [1.54, 1.807) is 0 Å². The summed E-state index contributed by atoms with van der Waals surface area (Å²) in [7, 11) is 0. The second-order valence-corrected chi connectivity index (χ2v) is 5.70. The molecule has 0 aromatic heterocycles. The van der Waals surface area contributed by atoms with Gasteiger partial charge >= 0.3 is 0 Å². The highest BCUT2D eigenvalue weighted by Gasteiger charge is 1.99. The molecular weight excluding hydrogens is 270 g/mol. The van der Waals surface area contributed by atoms with Crippen molar-refractivity contribution >= 4 is 27.7 Å². The van der Waals surface area contributed by atoms with Crippen molar-refractivity contribution in [3.05, 3.63) is 28.7 Å². The van der Waals surface area contributed by atoms with Crippen LogP contribution in [0.5, 0.6) is 0 Å². The number of nitrogens with two attached hydrogens (primary N) is 1. The van der Waals surface area contributed by atoms with Crippen LogP contribution < -0.4 is 5.73 Å². The van der Waals surface area contributed by atoms with Crippen LogP contribution in [0.25, 0.3) is 0 Å². The van der Waals surface area contributed by atoms with Gasteiger partial charge in [0.2, 0.25) is 0 Å². The Morgan fingerprint density at radius 3 is 2.60 bits per heavy atom. The van der Waals surface area contributed by atoms with Gasteiger partial charge in [-0.3, -0.25) is 0 Å². The fourth-order valence-corrected chi connectivity index (χ4v) is 2.41. The fourth-order valence-electron chi connectivity index (χ4n) is 1.27. The van der Waals surface area contributed by atoms with E-state index in [0.717, 1.165) is 23.1 Å². The van der Waals surface area contributed by atoms with Gasteiger partial charge in [0.15, 0.2) is 0 Å². The molecule has 0 saturated carbocycles. The molecule has 0 aliphatic rings. The van der Waals surface area contributed by atoms with Crippen LogP contribution in [0, 0.1) is 0 Å². The van der Waals surface area contributed by atoms with Crippen LogP contribution in [-0.2, 0) is 0 Å². The third-order valence-corrected chi connectivity index (χ3v) is 3.95. The van der Waals surface area contributed by atoms with Crippen molar-refractivity contribution in [3.63, 3.8) is 0 Å². The Labute approximate surface area is 105 Å². The summed E-state index contributed by atoms with van der Waals surface area (Å²) in [6.07, 6.45) is 3.43. The highest BCUT2D eigenvalue weighted by atomic mass is 79.9. The van der Waals surface area contributed by atoms with E-state index in [9.17, 15) is 0 Å². The number of rotatable bonds is 6. The van der Waals surface area contributed by atoms with E-state index in [-0.39, 0.29) is 0 Å². The van der Waals surface area contributed by atoms with Crippen LogP contribution in [0.1, 0.15) is 26.2 Å². The molecule has 1 aromatic rings. The second kappa shape index (κ2) is 7.31. The van der Waals surface area contributed by atoms with Crippen LogP contribution in [0.2, 0.25) is 0 Å². The first-order valence-electron chi connectivity index (χ1n) is 5.36. The lowest BCUT2D eigenvalue weighted by atomic mass is 10.1. The summed E-state index contributed by atoms with van der Waals surface area (Å²) < 4.78 is 1.14. The smallest absolute Gasteiger partial charge is 0.0176 e. The molecule has 84 valence electrons. The van der Waals surface area contributed by atoms with Crippen LogP contribution >= 0.6 is 27.7 Å². The fraction of sp³-hybridized carbons (Fsp3) is 0.500. The maximum Gasteiger partial charge on any atom is 0.0176 e. The summed E-state index contributed by atoms with van der Waals surface area (Å²) >= 11 is 5.34. The first-order valence-corrected chi connectivity index (χ1v) is 7.14. The van der Waals surface area contributed by atoms with Crippen molar-refractivity contribution in [2.75, 3.05) is 5.75 Å². The molecule has 1 rings (SSSR count). The first-order chi connectivity index (χ1) is 7.22. The molecule has 0 aliphatic heterocycles. The molecule has 1 aromatic carbocycles. The lowest BCUT2D eigenvalue weighted by Crippen LogP contribution is -2.18.